The summed E-state index contributed by atoms with van der Waals surface area (Å²) in [6.45, 7) is 3.94. The standard InChI is InChI=1S/C9H15N3O/c1-4-9(2,6-13)5-8-10-7-11-12(8)3/h6-7H,4-5H2,1-3H3. The van der Waals surface area contributed by atoms with E-state index in [1.807, 2.05) is 20.9 Å². The predicted molar refractivity (Wildman–Crippen MR) is 49.2 cm³/mol. The Morgan fingerprint density at radius 1 is 1.69 bits per heavy atom. The largest absolute Gasteiger partial charge is 0.303 e. The molecule has 1 unspecified atom stereocenters. The van der Waals surface area contributed by atoms with Crippen LogP contribution in [0.15, 0.2) is 6.33 Å². The Morgan fingerprint density at radius 2 is 2.38 bits per heavy atom. The van der Waals surface area contributed by atoms with Crippen molar-refractivity contribution in [3.05, 3.63) is 12.2 Å². The Morgan fingerprint density at radius 3 is 2.77 bits per heavy atom. The van der Waals surface area contributed by atoms with E-state index in [4.69, 9.17) is 0 Å². The van der Waals surface area contributed by atoms with Crippen molar-refractivity contribution in [2.45, 2.75) is 26.7 Å². The first-order valence-corrected chi connectivity index (χ1v) is 4.40. The Labute approximate surface area is 78.0 Å². The molecule has 0 N–H and O–H groups in total. The molecule has 0 radical (unpaired) electrons. The second-order valence-corrected chi connectivity index (χ2v) is 3.60. The maximum absolute atomic E-state index is 10.8. The van der Waals surface area contributed by atoms with Gasteiger partial charge in [-0.25, -0.2) is 4.98 Å². The Balaban J connectivity index is 2.78. The first-order valence-electron chi connectivity index (χ1n) is 4.40. The lowest BCUT2D eigenvalue weighted by Crippen LogP contribution is -2.22. The molecular weight excluding hydrogens is 166 g/mol. The van der Waals surface area contributed by atoms with Gasteiger partial charge in [0.1, 0.15) is 18.4 Å². The van der Waals surface area contributed by atoms with E-state index in [0.29, 0.717) is 6.42 Å². The van der Waals surface area contributed by atoms with Gasteiger partial charge in [0.05, 0.1) is 0 Å². The zero-order valence-corrected chi connectivity index (χ0v) is 8.32. The molecule has 0 saturated carbocycles. The summed E-state index contributed by atoms with van der Waals surface area (Å²) in [5.41, 5.74) is -0.305. The van der Waals surface area contributed by atoms with Crippen LogP contribution in [0.5, 0.6) is 0 Å². The molecule has 4 nitrogen and oxygen atoms in total. The molecule has 0 saturated heterocycles. The van der Waals surface area contributed by atoms with Gasteiger partial charge in [-0.05, 0) is 6.42 Å². The van der Waals surface area contributed by atoms with Crippen molar-refractivity contribution in [3.63, 3.8) is 0 Å². The summed E-state index contributed by atoms with van der Waals surface area (Å²) < 4.78 is 1.71. The van der Waals surface area contributed by atoms with Crippen LogP contribution in [-0.2, 0) is 18.3 Å². The van der Waals surface area contributed by atoms with Crippen LogP contribution in [0.4, 0.5) is 0 Å². The minimum absolute atomic E-state index is 0.305. The number of carbonyl (C=O) groups is 1. The van der Waals surface area contributed by atoms with Gasteiger partial charge in [0.25, 0.3) is 0 Å². The molecule has 0 aromatic carbocycles. The highest BCUT2D eigenvalue weighted by atomic mass is 16.1. The molecule has 0 aliphatic heterocycles. The van der Waals surface area contributed by atoms with Crippen LogP contribution in [-0.4, -0.2) is 21.1 Å². The molecule has 13 heavy (non-hydrogen) atoms. The fourth-order valence-corrected chi connectivity index (χ4v) is 1.09. The second-order valence-electron chi connectivity index (χ2n) is 3.60. The predicted octanol–water partition coefficient (Wildman–Crippen LogP) is 0.973. The van der Waals surface area contributed by atoms with Gasteiger partial charge < -0.3 is 4.79 Å². The van der Waals surface area contributed by atoms with Crippen molar-refractivity contribution >= 4 is 6.29 Å². The van der Waals surface area contributed by atoms with Crippen LogP contribution in [0.3, 0.4) is 0 Å². The van der Waals surface area contributed by atoms with Crippen molar-refractivity contribution in [2.24, 2.45) is 12.5 Å². The third kappa shape index (κ3) is 2.14. The lowest BCUT2D eigenvalue weighted by Gasteiger charge is -2.19. The third-order valence-corrected chi connectivity index (χ3v) is 2.46. The minimum Gasteiger partial charge on any atom is -0.303 e. The molecule has 72 valence electrons. The molecule has 1 aromatic rings. The summed E-state index contributed by atoms with van der Waals surface area (Å²) in [6.07, 6.45) is 3.99. The third-order valence-electron chi connectivity index (χ3n) is 2.46. The number of hydrogen-bond donors (Lipinski definition) is 0. The summed E-state index contributed by atoms with van der Waals surface area (Å²) in [4.78, 5) is 14.9. The normalized spacial score (nSPS) is 15.3. The van der Waals surface area contributed by atoms with E-state index in [0.717, 1.165) is 18.5 Å². The molecule has 1 atom stereocenters. The van der Waals surface area contributed by atoms with E-state index < -0.39 is 0 Å². The molecule has 0 amide bonds. The zero-order valence-electron chi connectivity index (χ0n) is 8.32. The van der Waals surface area contributed by atoms with Crippen LogP contribution < -0.4 is 0 Å². The van der Waals surface area contributed by atoms with Gasteiger partial charge in [-0.2, -0.15) is 5.10 Å². The molecule has 4 heteroatoms. The van der Waals surface area contributed by atoms with Crippen molar-refractivity contribution in [1.82, 2.24) is 14.8 Å². The molecule has 0 aliphatic carbocycles. The van der Waals surface area contributed by atoms with Gasteiger partial charge >= 0.3 is 0 Å². The maximum atomic E-state index is 10.8. The first-order chi connectivity index (χ1) is 6.11. The fourth-order valence-electron chi connectivity index (χ4n) is 1.09. The smallest absolute Gasteiger partial charge is 0.138 e. The van der Waals surface area contributed by atoms with Gasteiger partial charge in [-0.15, -0.1) is 0 Å². The molecule has 1 heterocycles. The summed E-state index contributed by atoms with van der Waals surface area (Å²) in [6, 6.07) is 0. The second kappa shape index (κ2) is 3.68. The Hall–Kier alpha value is -1.19. The van der Waals surface area contributed by atoms with E-state index in [1.54, 1.807) is 4.68 Å². The minimum atomic E-state index is -0.305. The van der Waals surface area contributed by atoms with E-state index in [1.165, 1.54) is 6.33 Å². The van der Waals surface area contributed by atoms with E-state index >= 15 is 0 Å². The highest BCUT2D eigenvalue weighted by Crippen LogP contribution is 2.22. The molecular formula is C9H15N3O. The fraction of sp³-hybridized carbons (Fsp3) is 0.667. The number of aldehydes is 1. The summed E-state index contributed by atoms with van der Waals surface area (Å²) >= 11 is 0. The van der Waals surface area contributed by atoms with Gasteiger partial charge in [-0.1, -0.05) is 13.8 Å². The monoisotopic (exact) mass is 181 g/mol. The SMILES string of the molecule is CCC(C)(C=O)Cc1ncnn1C. The summed E-state index contributed by atoms with van der Waals surface area (Å²) in [7, 11) is 1.84. The van der Waals surface area contributed by atoms with Crippen LogP contribution >= 0.6 is 0 Å². The maximum Gasteiger partial charge on any atom is 0.138 e. The number of nitrogens with zero attached hydrogens (tertiary/aromatic N) is 3. The average molecular weight is 181 g/mol. The quantitative estimate of drug-likeness (QED) is 0.650. The van der Waals surface area contributed by atoms with E-state index in [2.05, 4.69) is 10.1 Å². The lowest BCUT2D eigenvalue weighted by atomic mass is 9.85. The van der Waals surface area contributed by atoms with Gasteiger partial charge in [0.2, 0.25) is 0 Å². The summed E-state index contributed by atoms with van der Waals surface area (Å²) in [5.74, 6) is 0.858. The van der Waals surface area contributed by atoms with Crippen molar-refractivity contribution in [2.75, 3.05) is 0 Å². The molecule has 0 spiro atoms. The van der Waals surface area contributed by atoms with Gasteiger partial charge in [0.15, 0.2) is 0 Å². The van der Waals surface area contributed by atoms with Crippen molar-refractivity contribution in [3.8, 4) is 0 Å². The number of aryl methyl sites for hydroxylation is 1. The van der Waals surface area contributed by atoms with Crippen LogP contribution in [0.25, 0.3) is 0 Å². The molecule has 0 bridgehead atoms. The van der Waals surface area contributed by atoms with Crippen LogP contribution in [0.2, 0.25) is 0 Å². The number of aromatic nitrogens is 3. The highest BCUT2D eigenvalue weighted by Gasteiger charge is 2.23. The van der Waals surface area contributed by atoms with Gasteiger partial charge in [-0.3, -0.25) is 4.68 Å². The van der Waals surface area contributed by atoms with Gasteiger partial charge in [0, 0.05) is 18.9 Å². The number of carbonyl (C=O) groups excluding carboxylic acids is 1. The topological polar surface area (TPSA) is 47.8 Å². The van der Waals surface area contributed by atoms with Crippen molar-refractivity contribution < 1.29 is 4.79 Å². The summed E-state index contributed by atoms with van der Waals surface area (Å²) in [5, 5.41) is 3.96. The molecule has 1 rings (SSSR count). The molecule has 1 aromatic heterocycles. The molecule has 0 aliphatic rings. The number of hydrogen-bond acceptors (Lipinski definition) is 3. The van der Waals surface area contributed by atoms with Crippen LogP contribution in [0, 0.1) is 5.41 Å². The lowest BCUT2D eigenvalue weighted by molar-refractivity contribution is -0.115. The van der Waals surface area contributed by atoms with E-state index in [-0.39, 0.29) is 5.41 Å². The average Bonchev–Trinajstić information content (AvgIpc) is 2.52. The van der Waals surface area contributed by atoms with Crippen molar-refractivity contribution in [1.29, 1.82) is 0 Å². The highest BCUT2D eigenvalue weighted by molar-refractivity contribution is 5.58. The molecule has 0 fully saturated rings. The Bertz CT molecular complexity index is 295. The number of rotatable bonds is 4. The first kappa shape index (κ1) is 9.89. The Kier molecular flexibility index (Phi) is 2.80. The van der Waals surface area contributed by atoms with Crippen LogP contribution in [0.1, 0.15) is 26.1 Å². The zero-order chi connectivity index (χ0) is 9.90. The van der Waals surface area contributed by atoms with E-state index in [9.17, 15) is 4.79 Å².